The molecule has 2 aromatic rings. The third-order valence-corrected chi connectivity index (χ3v) is 7.37. The van der Waals surface area contributed by atoms with Gasteiger partial charge < -0.3 is 20.1 Å². The number of carbonyl (C=O) groups excluding carboxylic acids is 1. The van der Waals surface area contributed by atoms with Crippen LogP contribution in [0.15, 0.2) is 115 Å². The quantitative estimate of drug-likeness (QED) is 0.0737. The van der Waals surface area contributed by atoms with E-state index in [-0.39, 0.29) is 18.0 Å². The summed E-state index contributed by atoms with van der Waals surface area (Å²) in [6.45, 7) is 13.7. The molecule has 1 amide bonds. The van der Waals surface area contributed by atoms with E-state index < -0.39 is 5.97 Å². The van der Waals surface area contributed by atoms with Crippen molar-refractivity contribution in [2.45, 2.75) is 80.1 Å². The monoisotopic (exact) mass is 669 g/mol. The smallest absolute Gasteiger partial charge is 0.335 e. The summed E-state index contributed by atoms with van der Waals surface area (Å²) in [6.07, 6.45) is 29.1. The SMILES string of the molecule is CC.C\C=C/C=C\C=C\COC(/C=C\C)=C/C=C/CN(CC(=O)NCCc1ccccn1)c1cc(C(=O)O)ccc1CC(C)CCCCC. The van der Waals surface area contributed by atoms with Gasteiger partial charge in [-0.25, -0.2) is 4.79 Å². The number of rotatable bonds is 22. The number of carboxylic acid groups (broad SMARTS) is 1. The van der Waals surface area contributed by atoms with Crippen molar-refractivity contribution in [3.63, 3.8) is 0 Å². The van der Waals surface area contributed by atoms with Gasteiger partial charge in [0.2, 0.25) is 5.91 Å². The first-order valence-electron chi connectivity index (χ1n) is 17.7. The van der Waals surface area contributed by atoms with E-state index in [1.807, 2.05) is 124 Å². The van der Waals surface area contributed by atoms with Crippen LogP contribution in [0, 0.1) is 5.92 Å². The first kappa shape index (κ1) is 42.4. The molecule has 1 atom stereocenters. The fraction of sp³-hybridized carbons (Fsp3) is 0.405. The molecular formula is C42H59N3O4. The zero-order valence-corrected chi connectivity index (χ0v) is 30.6. The van der Waals surface area contributed by atoms with Gasteiger partial charge in [0.1, 0.15) is 12.4 Å². The lowest BCUT2D eigenvalue weighted by atomic mass is 9.93. The van der Waals surface area contributed by atoms with Crippen molar-refractivity contribution in [3.8, 4) is 0 Å². The number of carbonyl (C=O) groups is 2. The molecule has 0 saturated heterocycles. The third kappa shape index (κ3) is 19.1. The molecule has 1 aromatic heterocycles. The fourth-order valence-corrected chi connectivity index (χ4v) is 4.92. The Morgan fingerprint density at radius 3 is 2.49 bits per heavy atom. The summed E-state index contributed by atoms with van der Waals surface area (Å²) in [5.74, 6) is 0.00287. The normalized spacial score (nSPS) is 12.6. The maximum Gasteiger partial charge on any atom is 0.335 e. The van der Waals surface area contributed by atoms with Gasteiger partial charge in [-0.15, -0.1) is 0 Å². The average Bonchev–Trinajstić information content (AvgIpc) is 3.10. The molecular weight excluding hydrogens is 610 g/mol. The number of pyridine rings is 1. The van der Waals surface area contributed by atoms with Crippen molar-refractivity contribution < 1.29 is 19.4 Å². The van der Waals surface area contributed by atoms with Crippen LogP contribution < -0.4 is 10.2 Å². The first-order chi connectivity index (χ1) is 23.9. The molecule has 0 aliphatic rings. The highest BCUT2D eigenvalue weighted by molar-refractivity contribution is 5.90. The van der Waals surface area contributed by atoms with Crippen LogP contribution in [0.25, 0.3) is 0 Å². The number of aromatic carboxylic acids is 1. The maximum absolute atomic E-state index is 13.2. The number of benzene rings is 1. The summed E-state index contributed by atoms with van der Waals surface area (Å²) in [5, 5.41) is 12.8. The van der Waals surface area contributed by atoms with E-state index in [0.717, 1.165) is 36.2 Å². The minimum Gasteiger partial charge on any atom is -0.490 e. The molecule has 0 spiro atoms. The Balaban J connectivity index is 0.00000589. The van der Waals surface area contributed by atoms with Gasteiger partial charge in [-0.1, -0.05) is 114 Å². The van der Waals surface area contributed by atoms with E-state index in [1.165, 1.54) is 12.8 Å². The van der Waals surface area contributed by atoms with Crippen LogP contribution in [0.1, 0.15) is 88.8 Å². The van der Waals surface area contributed by atoms with E-state index in [2.05, 4.69) is 24.1 Å². The molecule has 2 N–H and O–H groups in total. The number of allylic oxidation sites excluding steroid dienone is 9. The summed E-state index contributed by atoms with van der Waals surface area (Å²) >= 11 is 0. The fourth-order valence-electron chi connectivity index (χ4n) is 4.92. The van der Waals surface area contributed by atoms with Crippen LogP contribution in [0.2, 0.25) is 0 Å². The lowest BCUT2D eigenvalue weighted by Gasteiger charge is -2.27. The Morgan fingerprint density at radius 1 is 1.00 bits per heavy atom. The highest BCUT2D eigenvalue weighted by Crippen LogP contribution is 2.27. The second-order valence-electron chi connectivity index (χ2n) is 11.4. The number of hydrogen-bond acceptors (Lipinski definition) is 5. The Morgan fingerprint density at radius 2 is 1.80 bits per heavy atom. The number of ether oxygens (including phenoxy) is 1. The van der Waals surface area contributed by atoms with Gasteiger partial charge in [-0.05, 0) is 74.2 Å². The minimum absolute atomic E-state index is 0.0836. The predicted octanol–water partition coefficient (Wildman–Crippen LogP) is 9.45. The largest absolute Gasteiger partial charge is 0.490 e. The minimum atomic E-state index is -0.994. The molecule has 0 radical (unpaired) electrons. The topological polar surface area (TPSA) is 91.8 Å². The lowest BCUT2D eigenvalue weighted by Crippen LogP contribution is -2.38. The zero-order valence-electron chi connectivity index (χ0n) is 30.6. The van der Waals surface area contributed by atoms with Crippen LogP contribution >= 0.6 is 0 Å². The molecule has 2 rings (SSSR count). The van der Waals surface area contributed by atoms with Crippen molar-refractivity contribution in [1.82, 2.24) is 10.3 Å². The molecule has 0 saturated carbocycles. The predicted molar refractivity (Wildman–Crippen MR) is 206 cm³/mol. The van der Waals surface area contributed by atoms with E-state index in [4.69, 9.17) is 4.74 Å². The third-order valence-electron chi connectivity index (χ3n) is 7.37. The summed E-state index contributed by atoms with van der Waals surface area (Å²) in [4.78, 5) is 31.5. The molecule has 1 unspecified atom stereocenters. The van der Waals surface area contributed by atoms with Crippen molar-refractivity contribution >= 4 is 17.6 Å². The molecule has 0 aliphatic carbocycles. The number of anilines is 1. The molecule has 1 aromatic carbocycles. The summed E-state index contributed by atoms with van der Waals surface area (Å²) in [7, 11) is 0. The number of aromatic nitrogens is 1. The highest BCUT2D eigenvalue weighted by Gasteiger charge is 2.18. The van der Waals surface area contributed by atoms with Crippen molar-refractivity contribution in [2.75, 3.05) is 31.1 Å². The highest BCUT2D eigenvalue weighted by atomic mass is 16.5. The lowest BCUT2D eigenvalue weighted by molar-refractivity contribution is -0.119. The zero-order chi connectivity index (χ0) is 36.1. The number of nitrogens with one attached hydrogen (secondary N) is 1. The Kier molecular flexibility index (Phi) is 23.6. The first-order valence-corrected chi connectivity index (χ1v) is 17.7. The van der Waals surface area contributed by atoms with Gasteiger partial charge in [-0.2, -0.15) is 0 Å². The van der Waals surface area contributed by atoms with Crippen LogP contribution in [-0.2, 0) is 22.4 Å². The van der Waals surface area contributed by atoms with E-state index in [9.17, 15) is 14.7 Å². The molecule has 0 fully saturated rings. The van der Waals surface area contributed by atoms with E-state index in [0.29, 0.717) is 37.8 Å². The van der Waals surface area contributed by atoms with Gasteiger partial charge in [0.05, 0.1) is 12.1 Å². The van der Waals surface area contributed by atoms with Crippen molar-refractivity contribution in [3.05, 3.63) is 132 Å². The Bertz CT molecular complexity index is 1390. The van der Waals surface area contributed by atoms with Gasteiger partial charge in [0.15, 0.2) is 0 Å². The van der Waals surface area contributed by atoms with Crippen molar-refractivity contribution in [1.29, 1.82) is 0 Å². The molecule has 0 aliphatic heterocycles. The second-order valence-corrected chi connectivity index (χ2v) is 11.4. The molecule has 266 valence electrons. The average molecular weight is 670 g/mol. The number of carboxylic acids is 1. The van der Waals surface area contributed by atoms with E-state index in [1.54, 1.807) is 18.3 Å². The summed E-state index contributed by atoms with van der Waals surface area (Å²) < 4.78 is 5.91. The van der Waals surface area contributed by atoms with Crippen molar-refractivity contribution in [2.24, 2.45) is 5.92 Å². The van der Waals surface area contributed by atoms with E-state index >= 15 is 0 Å². The molecule has 0 bridgehead atoms. The molecule has 7 nitrogen and oxygen atoms in total. The standard InChI is InChI=1S/C40H53N3O4.C2H6/c1-5-8-10-11-12-18-29-47-37(19-7-3)22-15-17-28-43(32-39(44)42-27-25-36-21-14-16-26-41-36)38-31-35(40(45)46)24-23-34(38)30-33(4)20-13-9-6-2;1-2/h5,7-8,10-12,14-19,21-24,26,31,33H,6,9,13,20,25,27-30,32H2,1-4H3,(H,42,44)(H,45,46);1-2H3/b8-5-,11-10-,17-15+,18-12+,19-7-,37-22+;. The summed E-state index contributed by atoms with van der Waals surface area (Å²) in [5.41, 5.74) is 2.91. The maximum atomic E-state index is 13.2. The Hall–Kier alpha value is -4.65. The van der Waals surface area contributed by atoms with Gasteiger partial charge >= 0.3 is 5.97 Å². The summed E-state index contributed by atoms with van der Waals surface area (Å²) in [6, 6.07) is 11.0. The van der Waals surface area contributed by atoms with Crippen LogP contribution in [-0.4, -0.2) is 48.2 Å². The van der Waals surface area contributed by atoms with Gasteiger partial charge in [0, 0.05) is 37.1 Å². The van der Waals surface area contributed by atoms with Gasteiger partial charge in [-0.3, -0.25) is 9.78 Å². The number of unbranched alkanes of at least 4 members (excludes halogenated alkanes) is 2. The Labute approximate surface area is 295 Å². The molecule has 7 heteroatoms. The number of nitrogens with zero attached hydrogens (tertiary/aromatic N) is 2. The number of hydrogen-bond donors (Lipinski definition) is 2. The molecule has 1 heterocycles. The van der Waals surface area contributed by atoms with Gasteiger partial charge in [0.25, 0.3) is 0 Å². The van der Waals surface area contributed by atoms with Crippen LogP contribution in [0.5, 0.6) is 0 Å². The number of amides is 1. The van der Waals surface area contributed by atoms with Crippen LogP contribution in [0.4, 0.5) is 5.69 Å². The second kappa shape index (κ2) is 27.3. The van der Waals surface area contributed by atoms with Crippen LogP contribution in [0.3, 0.4) is 0 Å². The molecule has 49 heavy (non-hydrogen) atoms.